The third-order valence-corrected chi connectivity index (χ3v) is 3.30. The molecule has 0 aliphatic rings. The molecular weight excluding hydrogens is 294 g/mol. The fourth-order valence-electron chi connectivity index (χ4n) is 2.11. The van der Waals surface area contributed by atoms with Gasteiger partial charge in [-0.25, -0.2) is 0 Å². The average molecular weight is 317 g/mol. The molecule has 0 aliphatic carbocycles. The van der Waals surface area contributed by atoms with Gasteiger partial charge in [0, 0.05) is 38.2 Å². The Kier molecular flexibility index (Phi) is 6.75. The van der Waals surface area contributed by atoms with E-state index in [1.54, 1.807) is 0 Å². The number of amides is 1. The third kappa shape index (κ3) is 5.83. The van der Waals surface area contributed by atoms with E-state index in [2.05, 4.69) is 15.5 Å². The molecule has 0 aliphatic heterocycles. The van der Waals surface area contributed by atoms with Gasteiger partial charge in [-0.3, -0.25) is 4.79 Å². The van der Waals surface area contributed by atoms with Gasteiger partial charge in [-0.1, -0.05) is 28.9 Å². The molecule has 124 valence electrons. The number of rotatable bonds is 9. The van der Waals surface area contributed by atoms with Crippen LogP contribution in [-0.2, 0) is 16.0 Å². The normalized spacial score (nSPS) is 10.7. The first-order valence-corrected chi connectivity index (χ1v) is 7.93. The predicted molar refractivity (Wildman–Crippen MR) is 86.9 cm³/mol. The van der Waals surface area contributed by atoms with Crippen LogP contribution in [0.25, 0.3) is 11.4 Å². The van der Waals surface area contributed by atoms with Crippen molar-refractivity contribution in [3.05, 3.63) is 35.7 Å². The first kappa shape index (κ1) is 17.1. The summed E-state index contributed by atoms with van der Waals surface area (Å²) in [4.78, 5) is 16.1. The first-order chi connectivity index (χ1) is 11.2. The quantitative estimate of drug-likeness (QED) is 0.719. The molecule has 0 atom stereocenters. The van der Waals surface area contributed by atoms with Gasteiger partial charge in [-0.15, -0.1) is 0 Å². The molecule has 0 radical (unpaired) electrons. The van der Waals surface area contributed by atoms with E-state index in [9.17, 15) is 4.79 Å². The minimum Gasteiger partial charge on any atom is -0.382 e. The number of benzene rings is 1. The van der Waals surface area contributed by atoms with E-state index in [0.717, 1.165) is 17.5 Å². The van der Waals surface area contributed by atoms with E-state index in [4.69, 9.17) is 9.26 Å². The number of hydrogen-bond acceptors (Lipinski definition) is 5. The zero-order valence-electron chi connectivity index (χ0n) is 13.7. The van der Waals surface area contributed by atoms with Crippen LogP contribution >= 0.6 is 0 Å². The largest absolute Gasteiger partial charge is 0.382 e. The molecule has 0 spiro atoms. The number of carbonyl (C=O) groups is 1. The average Bonchev–Trinajstić information content (AvgIpc) is 3.02. The van der Waals surface area contributed by atoms with E-state index in [0.29, 0.717) is 44.3 Å². The van der Waals surface area contributed by atoms with E-state index in [1.807, 2.05) is 38.1 Å². The van der Waals surface area contributed by atoms with Crippen molar-refractivity contribution in [1.29, 1.82) is 0 Å². The topological polar surface area (TPSA) is 77.2 Å². The molecule has 0 saturated carbocycles. The Labute approximate surface area is 136 Å². The van der Waals surface area contributed by atoms with Crippen molar-refractivity contribution >= 4 is 5.91 Å². The number of nitrogens with zero attached hydrogens (tertiary/aromatic N) is 2. The van der Waals surface area contributed by atoms with Crippen LogP contribution in [0.2, 0.25) is 0 Å². The Morgan fingerprint density at radius 3 is 3.04 bits per heavy atom. The molecule has 23 heavy (non-hydrogen) atoms. The summed E-state index contributed by atoms with van der Waals surface area (Å²) >= 11 is 0. The van der Waals surface area contributed by atoms with Crippen molar-refractivity contribution in [3.63, 3.8) is 0 Å². The fraction of sp³-hybridized carbons (Fsp3) is 0.471. The van der Waals surface area contributed by atoms with E-state index < -0.39 is 0 Å². The highest BCUT2D eigenvalue weighted by Crippen LogP contribution is 2.17. The van der Waals surface area contributed by atoms with Crippen LogP contribution < -0.4 is 5.32 Å². The first-order valence-electron chi connectivity index (χ1n) is 7.93. The molecule has 1 aromatic carbocycles. The summed E-state index contributed by atoms with van der Waals surface area (Å²) in [5.41, 5.74) is 2.06. The summed E-state index contributed by atoms with van der Waals surface area (Å²) in [5.74, 6) is 1.02. The van der Waals surface area contributed by atoms with Crippen LogP contribution in [0.4, 0.5) is 0 Å². The highest BCUT2D eigenvalue weighted by atomic mass is 16.5. The summed E-state index contributed by atoms with van der Waals surface area (Å²) in [5, 5.41) is 6.82. The summed E-state index contributed by atoms with van der Waals surface area (Å²) in [6.45, 7) is 5.96. The molecule has 2 aromatic rings. The van der Waals surface area contributed by atoms with Crippen LogP contribution in [-0.4, -0.2) is 35.8 Å². The van der Waals surface area contributed by atoms with Gasteiger partial charge in [-0.05, 0) is 26.3 Å². The second-order valence-electron chi connectivity index (χ2n) is 5.28. The monoisotopic (exact) mass is 317 g/mol. The lowest BCUT2D eigenvalue weighted by molar-refractivity contribution is -0.121. The predicted octanol–water partition coefficient (Wildman–Crippen LogP) is 2.52. The van der Waals surface area contributed by atoms with Crippen molar-refractivity contribution in [1.82, 2.24) is 15.5 Å². The maximum Gasteiger partial charge on any atom is 0.227 e. The molecule has 0 bridgehead atoms. The molecule has 0 unspecified atom stereocenters. The number of aromatic nitrogens is 2. The van der Waals surface area contributed by atoms with Gasteiger partial charge >= 0.3 is 0 Å². The zero-order valence-corrected chi connectivity index (χ0v) is 13.7. The van der Waals surface area contributed by atoms with Crippen molar-refractivity contribution in [2.75, 3.05) is 19.8 Å². The number of carbonyl (C=O) groups excluding carboxylic acids is 1. The maximum atomic E-state index is 11.7. The van der Waals surface area contributed by atoms with Gasteiger partial charge in [0.15, 0.2) is 0 Å². The van der Waals surface area contributed by atoms with Crippen molar-refractivity contribution < 1.29 is 14.1 Å². The second kappa shape index (κ2) is 9.05. The Hall–Kier alpha value is -2.21. The molecule has 1 aromatic heterocycles. The number of nitrogens with one attached hydrogen (secondary N) is 1. The highest BCUT2D eigenvalue weighted by molar-refractivity contribution is 5.75. The molecule has 2 rings (SSSR count). The van der Waals surface area contributed by atoms with Crippen molar-refractivity contribution in [2.45, 2.75) is 33.1 Å². The lowest BCUT2D eigenvalue weighted by atomic mass is 10.1. The van der Waals surface area contributed by atoms with Crippen LogP contribution in [0.1, 0.15) is 31.2 Å². The maximum absolute atomic E-state index is 11.7. The van der Waals surface area contributed by atoms with Crippen LogP contribution in [0.3, 0.4) is 0 Å². The number of hydrogen-bond donors (Lipinski definition) is 1. The Balaban J connectivity index is 1.75. The lowest BCUT2D eigenvalue weighted by Crippen LogP contribution is -2.25. The second-order valence-corrected chi connectivity index (χ2v) is 5.28. The van der Waals surface area contributed by atoms with Gasteiger partial charge in [-0.2, -0.15) is 4.98 Å². The smallest absolute Gasteiger partial charge is 0.227 e. The number of ether oxygens (including phenoxy) is 1. The molecule has 0 fully saturated rings. The minimum absolute atomic E-state index is 0.0168. The number of aryl methyl sites for hydroxylation is 2. The Morgan fingerprint density at radius 1 is 1.39 bits per heavy atom. The van der Waals surface area contributed by atoms with Gasteiger partial charge < -0.3 is 14.6 Å². The molecule has 1 amide bonds. The van der Waals surface area contributed by atoms with Crippen LogP contribution in [0, 0.1) is 6.92 Å². The lowest BCUT2D eigenvalue weighted by Gasteiger charge is -2.04. The van der Waals surface area contributed by atoms with Crippen molar-refractivity contribution in [2.24, 2.45) is 0 Å². The fourth-order valence-corrected chi connectivity index (χ4v) is 2.11. The van der Waals surface area contributed by atoms with Crippen molar-refractivity contribution in [3.8, 4) is 11.4 Å². The van der Waals surface area contributed by atoms with Gasteiger partial charge in [0.05, 0.1) is 0 Å². The molecule has 0 saturated heterocycles. The SMILES string of the molecule is CCOCCCNC(=O)CCc1nc(-c2cccc(C)c2)no1. The summed E-state index contributed by atoms with van der Waals surface area (Å²) < 4.78 is 10.4. The zero-order chi connectivity index (χ0) is 16.5. The van der Waals surface area contributed by atoms with Gasteiger partial charge in [0.25, 0.3) is 0 Å². The molecule has 6 heteroatoms. The molecular formula is C17H23N3O3. The Bertz CT molecular complexity index is 625. The molecule has 6 nitrogen and oxygen atoms in total. The van der Waals surface area contributed by atoms with Crippen LogP contribution in [0.15, 0.2) is 28.8 Å². The van der Waals surface area contributed by atoms with E-state index in [-0.39, 0.29) is 5.91 Å². The van der Waals surface area contributed by atoms with E-state index >= 15 is 0 Å². The standard InChI is InChI=1S/C17H23N3O3/c1-3-22-11-5-10-18-15(21)8-9-16-19-17(20-23-16)14-7-4-6-13(2)12-14/h4,6-7,12H,3,5,8-11H2,1-2H3,(H,18,21). The summed E-state index contributed by atoms with van der Waals surface area (Å²) in [6, 6.07) is 7.91. The third-order valence-electron chi connectivity index (χ3n) is 3.30. The van der Waals surface area contributed by atoms with Gasteiger partial charge in [0.2, 0.25) is 17.6 Å². The van der Waals surface area contributed by atoms with Gasteiger partial charge in [0.1, 0.15) is 0 Å². The molecule has 1 N–H and O–H groups in total. The minimum atomic E-state index is -0.0168. The highest BCUT2D eigenvalue weighted by Gasteiger charge is 2.10. The molecule has 1 heterocycles. The summed E-state index contributed by atoms with van der Waals surface area (Å²) in [7, 11) is 0. The Morgan fingerprint density at radius 2 is 2.26 bits per heavy atom. The van der Waals surface area contributed by atoms with Crippen LogP contribution in [0.5, 0.6) is 0 Å². The van der Waals surface area contributed by atoms with E-state index in [1.165, 1.54) is 0 Å². The summed E-state index contributed by atoms with van der Waals surface area (Å²) in [6.07, 6.45) is 1.60.